The minimum atomic E-state index is 0.596. The first kappa shape index (κ1) is 13.7. The summed E-state index contributed by atoms with van der Waals surface area (Å²) in [5.41, 5.74) is 7.26. The van der Waals surface area contributed by atoms with Crippen molar-refractivity contribution in [3.05, 3.63) is 34.3 Å². The maximum absolute atomic E-state index is 5.89. The van der Waals surface area contributed by atoms with Gasteiger partial charge in [-0.15, -0.1) is 0 Å². The molecule has 0 radical (unpaired) electrons. The molecule has 0 aromatic heterocycles. The fourth-order valence-corrected chi connectivity index (χ4v) is 2.60. The van der Waals surface area contributed by atoms with Crippen LogP contribution in [0.4, 0.5) is 0 Å². The molecule has 2 N–H and O–H groups in total. The lowest BCUT2D eigenvalue weighted by molar-refractivity contribution is 0.340. The van der Waals surface area contributed by atoms with Gasteiger partial charge in [0.05, 0.1) is 0 Å². The van der Waals surface area contributed by atoms with Gasteiger partial charge < -0.3 is 5.73 Å². The summed E-state index contributed by atoms with van der Waals surface area (Å²) >= 11 is 3.60. The number of halogens is 1. The van der Waals surface area contributed by atoms with Crippen LogP contribution in [-0.2, 0) is 6.42 Å². The van der Waals surface area contributed by atoms with Crippen molar-refractivity contribution < 1.29 is 0 Å². The molecule has 0 amide bonds. The second-order valence-electron chi connectivity index (χ2n) is 4.56. The van der Waals surface area contributed by atoms with Crippen LogP contribution in [0.2, 0.25) is 0 Å². The zero-order valence-electron chi connectivity index (χ0n) is 10.2. The lowest BCUT2D eigenvalue weighted by atomic mass is 9.85. The minimum Gasteiger partial charge on any atom is -0.330 e. The molecule has 90 valence electrons. The molecule has 1 rings (SSSR count). The highest BCUT2D eigenvalue weighted by Gasteiger charge is 2.16. The van der Waals surface area contributed by atoms with Gasteiger partial charge in [-0.2, -0.15) is 0 Å². The lowest BCUT2D eigenvalue weighted by Gasteiger charge is -2.22. The Labute approximate surface area is 108 Å². The topological polar surface area (TPSA) is 26.0 Å². The molecule has 1 nitrogen and oxygen atoms in total. The van der Waals surface area contributed by atoms with E-state index in [9.17, 15) is 0 Å². The predicted molar refractivity (Wildman–Crippen MR) is 74.5 cm³/mol. The third-order valence-electron chi connectivity index (χ3n) is 3.29. The maximum atomic E-state index is 5.89. The first-order valence-electron chi connectivity index (χ1n) is 6.12. The van der Waals surface area contributed by atoms with Gasteiger partial charge in [0.1, 0.15) is 0 Å². The van der Waals surface area contributed by atoms with E-state index in [4.69, 9.17) is 5.73 Å². The van der Waals surface area contributed by atoms with E-state index in [0.29, 0.717) is 11.8 Å². The zero-order chi connectivity index (χ0) is 12.0. The molecule has 2 atom stereocenters. The number of benzene rings is 1. The smallest absolute Gasteiger partial charge is 0.0207 e. The molecule has 1 aromatic carbocycles. The van der Waals surface area contributed by atoms with Gasteiger partial charge in [0, 0.05) is 4.47 Å². The molecule has 0 heterocycles. The van der Waals surface area contributed by atoms with Crippen molar-refractivity contribution in [2.45, 2.75) is 33.1 Å². The van der Waals surface area contributed by atoms with E-state index in [0.717, 1.165) is 13.0 Å². The van der Waals surface area contributed by atoms with Crippen LogP contribution in [0.25, 0.3) is 0 Å². The number of hydrogen-bond acceptors (Lipinski definition) is 1. The quantitative estimate of drug-likeness (QED) is 0.839. The molecule has 0 aliphatic rings. The van der Waals surface area contributed by atoms with Crippen molar-refractivity contribution in [3.63, 3.8) is 0 Å². The van der Waals surface area contributed by atoms with Crippen molar-refractivity contribution in [2.24, 2.45) is 17.6 Å². The van der Waals surface area contributed by atoms with Crippen molar-refractivity contribution in [3.8, 4) is 0 Å². The number of rotatable bonds is 6. The predicted octanol–water partition coefficient (Wildman–Crippen LogP) is 4.00. The summed E-state index contributed by atoms with van der Waals surface area (Å²) in [6.45, 7) is 5.34. The molecular formula is C14H22BrN. The van der Waals surface area contributed by atoms with E-state index in [2.05, 4.69) is 54.0 Å². The van der Waals surface area contributed by atoms with Gasteiger partial charge in [0.15, 0.2) is 0 Å². The van der Waals surface area contributed by atoms with E-state index < -0.39 is 0 Å². The summed E-state index contributed by atoms with van der Waals surface area (Å²) in [7, 11) is 0. The van der Waals surface area contributed by atoms with Gasteiger partial charge in [0.2, 0.25) is 0 Å². The average molecular weight is 284 g/mol. The molecule has 0 spiro atoms. The van der Waals surface area contributed by atoms with E-state index in [1.54, 1.807) is 0 Å². The van der Waals surface area contributed by atoms with Crippen LogP contribution < -0.4 is 5.73 Å². The molecule has 0 fully saturated rings. The molecule has 2 unspecified atom stereocenters. The summed E-state index contributed by atoms with van der Waals surface area (Å²) < 4.78 is 1.21. The Kier molecular flexibility index (Phi) is 6.07. The van der Waals surface area contributed by atoms with Crippen LogP contribution in [-0.4, -0.2) is 6.54 Å². The highest BCUT2D eigenvalue weighted by atomic mass is 79.9. The molecule has 2 heteroatoms. The fraction of sp³-hybridized carbons (Fsp3) is 0.571. The Bertz CT molecular complexity index is 311. The number of nitrogens with two attached hydrogens (primary N) is 1. The summed E-state index contributed by atoms with van der Waals surface area (Å²) in [6.07, 6.45) is 3.60. The monoisotopic (exact) mass is 283 g/mol. The molecular weight excluding hydrogens is 262 g/mol. The first-order valence-corrected chi connectivity index (χ1v) is 6.91. The molecule has 0 aliphatic heterocycles. The van der Waals surface area contributed by atoms with E-state index in [1.165, 1.54) is 22.9 Å². The van der Waals surface area contributed by atoms with E-state index >= 15 is 0 Å². The van der Waals surface area contributed by atoms with Crippen molar-refractivity contribution in [1.82, 2.24) is 0 Å². The second kappa shape index (κ2) is 7.08. The van der Waals surface area contributed by atoms with Gasteiger partial charge in [0.25, 0.3) is 0 Å². The maximum Gasteiger partial charge on any atom is 0.0207 e. The molecule has 0 bridgehead atoms. The largest absolute Gasteiger partial charge is 0.330 e. The van der Waals surface area contributed by atoms with Gasteiger partial charge in [-0.1, -0.05) is 60.8 Å². The second-order valence-corrected chi connectivity index (χ2v) is 5.41. The standard InChI is InChI=1S/C14H22BrN/c1-3-6-11(2)13(10-16)9-12-7-4-5-8-14(12)15/h4-5,7-8,11,13H,3,6,9-10,16H2,1-2H3. The third-order valence-corrected chi connectivity index (χ3v) is 4.07. The molecule has 16 heavy (non-hydrogen) atoms. The summed E-state index contributed by atoms with van der Waals surface area (Å²) in [6, 6.07) is 8.44. The Morgan fingerprint density at radius 3 is 2.56 bits per heavy atom. The van der Waals surface area contributed by atoms with Gasteiger partial charge in [-0.05, 0) is 36.4 Å². The molecule has 0 saturated heterocycles. The molecule has 0 saturated carbocycles. The SMILES string of the molecule is CCCC(C)C(CN)Cc1ccccc1Br. The van der Waals surface area contributed by atoms with Crippen molar-refractivity contribution >= 4 is 15.9 Å². The first-order chi connectivity index (χ1) is 7.69. The van der Waals surface area contributed by atoms with Crippen LogP contribution in [0.3, 0.4) is 0 Å². The Morgan fingerprint density at radius 2 is 2.00 bits per heavy atom. The van der Waals surface area contributed by atoms with Gasteiger partial charge in [-0.3, -0.25) is 0 Å². The summed E-state index contributed by atoms with van der Waals surface area (Å²) in [4.78, 5) is 0. The highest BCUT2D eigenvalue weighted by Crippen LogP contribution is 2.24. The normalized spacial score (nSPS) is 14.8. The van der Waals surface area contributed by atoms with Crippen molar-refractivity contribution in [2.75, 3.05) is 6.54 Å². The van der Waals surface area contributed by atoms with Crippen LogP contribution in [0.1, 0.15) is 32.3 Å². The third kappa shape index (κ3) is 3.91. The Hall–Kier alpha value is -0.340. The fourth-order valence-electron chi connectivity index (χ4n) is 2.15. The van der Waals surface area contributed by atoms with Gasteiger partial charge in [-0.25, -0.2) is 0 Å². The average Bonchev–Trinajstić information content (AvgIpc) is 2.28. The summed E-state index contributed by atoms with van der Waals surface area (Å²) in [5, 5.41) is 0. The minimum absolute atomic E-state index is 0.596. The van der Waals surface area contributed by atoms with Crippen molar-refractivity contribution in [1.29, 1.82) is 0 Å². The Balaban J connectivity index is 2.66. The summed E-state index contributed by atoms with van der Waals surface area (Å²) in [5.74, 6) is 1.31. The Morgan fingerprint density at radius 1 is 1.31 bits per heavy atom. The van der Waals surface area contributed by atoms with Crippen LogP contribution in [0.15, 0.2) is 28.7 Å². The molecule has 0 aliphatic carbocycles. The van der Waals surface area contributed by atoms with Gasteiger partial charge >= 0.3 is 0 Å². The number of hydrogen-bond donors (Lipinski definition) is 1. The highest BCUT2D eigenvalue weighted by molar-refractivity contribution is 9.10. The van der Waals surface area contributed by atoms with Crippen LogP contribution >= 0.6 is 15.9 Å². The van der Waals surface area contributed by atoms with E-state index in [1.807, 2.05) is 0 Å². The van der Waals surface area contributed by atoms with Crippen LogP contribution in [0, 0.1) is 11.8 Å². The van der Waals surface area contributed by atoms with Crippen LogP contribution in [0.5, 0.6) is 0 Å². The van der Waals surface area contributed by atoms with E-state index in [-0.39, 0.29) is 0 Å². The lowest BCUT2D eigenvalue weighted by Crippen LogP contribution is -2.24. The zero-order valence-corrected chi connectivity index (χ0v) is 11.8. The molecule has 1 aromatic rings.